The SMILES string of the molecule is CCCCC(CC)C(=O)Nc1ccccc1C(C)=O. The maximum Gasteiger partial charge on any atom is 0.227 e. The Bertz CT molecular complexity index is 440. The molecule has 0 bridgehead atoms. The maximum absolute atomic E-state index is 12.2. The van der Waals surface area contributed by atoms with Crippen molar-refractivity contribution in [2.75, 3.05) is 5.32 Å². The molecule has 0 aliphatic rings. The van der Waals surface area contributed by atoms with E-state index in [4.69, 9.17) is 0 Å². The number of Topliss-reactive ketones (excluding diaryl/α,β-unsaturated/α-hetero) is 1. The molecule has 1 aromatic carbocycles. The van der Waals surface area contributed by atoms with Crippen molar-refractivity contribution in [3.63, 3.8) is 0 Å². The van der Waals surface area contributed by atoms with Crippen molar-refractivity contribution in [2.24, 2.45) is 5.92 Å². The molecule has 19 heavy (non-hydrogen) atoms. The molecule has 0 radical (unpaired) electrons. The van der Waals surface area contributed by atoms with Crippen LogP contribution < -0.4 is 5.32 Å². The molecule has 0 spiro atoms. The van der Waals surface area contributed by atoms with Crippen LogP contribution in [0.15, 0.2) is 24.3 Å². The molecule has 0 aliphatic carbocycles. The molecule has 0 aliphatic heterocycles. The van der Waals surface area contributed by atoms with Crippen molar-refractivity contribution in [1.29, 1.82) is 0 Å². The largest absolute Gasteiger partial charge is 0.325 e. The molecule has 1 amide bonds. The fourth-order valence-corrected chi connectivity index (χ4v) is 2.11. The van der Waals surface area contributed by atoms with Crippen LogP contribution in [0.5, 0.6) is 0 Å². The van der Waals surface area contributed by atoms with Crippen molar-refractivity contribution >= 4 is 17.4 Å². The summed E-state index contributed by atoms with van der Waals surface area (Å²) in [5, 5.41) is 2.89. The fraction of sp³-hybridized carbons (Fsp3) is 0.500. The highest BCUT2D eigenvalue weighted by Gasteiger charge is 2.17. The van der Waals surface area contributed by atoms with E-state index in [0.29, 0.717) is 11.3 Å². The highest BCUT2D eigenvalue weighted by atomic mass is 16.2. The summed E-state index contributed by atoms with van der Waals surface area (Å²) in [6.07, 6.45) is 3.88. The van der Waals surface area contributed by atoms with Gasteiger partial charge in [-0.25, -0.2) is 0 Å². The van der Waals surface area contributed by atoms with E-state index in [2.05, 4.69) is 12.2 Å². The van der Waals surface area contributed by atoms with Crippen LogP contribution in [0.3, 0.4) is 0 Å². The Balaban J connectivity index is 2.78. The van der Waals surface area contributed by atoms with E-state index in [9.17, 15) is 9.59 Å². The molecule has 0 saturated heterocycles. The number of unbranched alkanes of at least 4 members (excludes halogenated alkanes) is 1. The number of carbonyl (C=O) groups excluding carboxylic acids is 2. The normalized spacial score (nSPS) is 11.9. The topological polar surface area (TPSA) is 46.2 Å². The Morgan fingerprint density at radius 3 is 2.47 bits per heavy atom. The van der Waals surface area contributed by atoms with Crippen molar-refractivity contribution < 1.29 is 9.59 Å². The fourth-order valence-electron chi connectivity index (χ4n) is 2.11. The molecule has 1 aromatic rings. The Hall–Kier alpha value is -1.64. The van der Waals surface area contributed by atoms with E-state index in [1.165, 1.54) is 6.92 Å². The van der Waals surface area contributed by atoms with Crippen LogP contribution in [0.25, 0.3) is 0 Å². The van der Waals surface area contributed by atoms with Crippen molar-refractivity contribution in [3.05, 3.63) is 29.8 Å². The maximum atomic E-state index is 12.2. The van der Waals surface area contributed by atoms with Crippen LogP contribution in [0, 0.1) is 5.92 Å². The molecule has 3 nitrogen and oxygen atoms in total. The first-order valence-electron chi connectivity index (χ1n) is 7.00. The first-order valence-corrected chi connectivity index (χ1v) is 7.00. The lowest BCUT2D eigenvalue weighted by molar-refractivity contribution is -0.120. The number of nitrogens with one attached hydrogen (secondary N) is 1. The molecule has 1 N–H and O–H groups in total. The van der Waals surface area contributed by atoms with Gasteiger partial charge >= 0.3 is 0 Å². The molecular formula is C16H23NO2. The third-order valence-electron chi connectivity index (χ3n) is 3.33. The highest BCUT2D eigenvalue weighted by Crippen LogP contribution is 2.19. The van der Waals surface area contributed by atoms with Crippen LogP contribution in [0.4, 0.5) is 5.69 Å². The zero-order valence-corrected chi connectivity index (χ0v) is 12.0. The molecule has 3 heteroatoms. The van der Waals surface area contributed by atoms with Gasteiger partial charge in [-0.05, 0) is 31.9 Å². The lowest BCUT2D eigenvalue weighted by Crippen LogP contribution is -2.23. The second-order valence-electron chi connectivity index (χ2n) is 4.84. The van der Waals surface area contributed by atoms with Crippen LogP contribution in [0.2, 0.25) is 0 Å². The van der Waals surface area contributed by atoms with Gasteiger partial charge in [0.2, 0.25) is 5.91 Å². The Morgan fingerprint density at radius 1 is 1.21 bits per heavy atom. The van der Waals surface area contributed by atoms with Crippen LogP contribution >= 0.6 is 0 Å². The quantitative estimate of drug-likeness (QED) is 0.753. The molecule has 1 rings (SSSR count). The number of rotatable bonds is 7. The van der Waals surface area contributed by atoms with Gasteiger partial charge in [0.1, 0.15) is 0 Å². The van der Waals surface area contributed by atoms with Gasteiger partial charge in [0.05, 0.1) is 5.69 Å². The lowest BCUT2D eigenvalue weighted by Gasteiger charge is -2.16. The van der Waals surface area contributed by atoms with Gasteiger partial charge in [0.25, 0.3) is 0 Å². The number of amides is 1. The summed E-state index contributed by atoms with van der Waals surface area (Å²) in [7, 11) is 0. The summed E-state index contributed by atoms with van der Waals surface area (Å²) in [5.41, 5.74) is 1.19. The molecule has 0 fully saturated rings. The van der Waals surface area contributed by atoms with E-state index in [0.717, 1.165) is 25.7 Å². The van der Waals surface area contributed by atoms with Crippen molar-refractivity contribution in [3.8, 4) is 0 Å². The summed E-state index contributed by atoms with van der Waals surface area (Å²) in [6, 6.07) is 7.15. The molecule has 1 unspecified atom stereocenters. The molecular weight excluding hydrogens is 238 g/mol. The second-order valence-corrected chi connectivity index (χ2v) is 4.84. The summed E-state index contributed by atoms with van der Waals surface area (Å²) >= 11 is 0. The minimum absolute atomic E-state index is 0.0182. The minimum atomic E-state index is -0.0301. The van der Waals surface area contributed by atoms with E-state index >= 15 is 0 Å². The zero-order valence-electron chi connectivity index (χ0n) is 12.0. The van der Waals surface area contributed by atoms with Gasteiger partial charge in [-0.15, -0.1) is 0 Å². The molecule has 0 aromatic heterocycles. The molecule has 1 atom stereocenters. The first-order chi connectivity index (χ1) is 9.10. The van der Waals surface area contributed by atoms with Crippen LogP contribution in [0.1, 0.15) is 56.8 Å². The number of carbonyl (C=O) groups is 2. The standard InChI is InChI=1S/C16H23NO2/c1-4-6-9-13(5-2)16(19)17-15-11-8-7-10-14(15)12(3)18/h7-8,10-11,13H,4-6,9H2,1-3H3,(H,17,19). The monoisotopic (exact) mass is 261 g/mol. The van der Waals surface area contributed by atoms with Gasteiger partial charge in [-0.1, -0.05) is 38.8 Å². The molecule has 104 valence electrons. The number of anilines is 1. The minimum Gasteiger partial charge on any atom is -0.325 e. The Labute approximate surface area is 115 Å². The lowest BCUT2D eigenvalue weighted by atomic mass is 9.98. The first kappa shape index (κ1) is 15.4. The number of para-hydroxylation sites is 1. The summed E-state index contributed by atoms with van der Waals surface area (Å²) < 4.78 is 0. The van der Waals surface area contributed by atoms with E-state index in [1.54, 1.807) is 18.2 Å². The number of ketones is 1. The van der Waals surface area contributed by atoms with Crippen molar-refractivity contribution in [1.82, 2.24) is 0 Å². The Kier molecular flexibility index (Phi) is 6.26. The predicted octanol–water partition coefficient (Wildman–Crippen LogP) is 4.04. The number of hydrogen-bond donors (Lipinski definition) is 1. The van der Waals surface area contributed by atoms with Gasteiger partial charge in [0.15, 0.2) is 5.78 Å². The van der Waals surface area contributed by atoms with E-state index < -0.39 is 0 Å². The van der Waals surface area contributed by atoms with Crippen LogP contribution in [-0.4, -0.2) is 11.7 Å². The summed E-state index contributed by atoms with van der Waals surface area (Å²) in [4.78, 5) is 23.7. The van der Waals surface area contributed by atoms with E-state index in [1.807, 2.05) is 13.0 Å². The molecule has 0 saturated carbocycles. The predicted molar refractivity (Wildman–Crippen MR) is 78.4 cm³/mol. The van der Waals surface area contributed by atoms with E-state index in [-0.39, 0.29) is 17.6 Å². The summed E-state index contributed by atoms with van der Waals surface area (Å²) in [5.74, 6) is 0.0159. The molecule has 0 heterocycles. The van der Waals surface area contributed by atoms with Gasteiger partial charge in [-0.2, -0.15) is 0 Å². The second kappa shape index (κ2) is 7.72. The summed E-state index contributed by atoms with van der Waals surface area (Å²) in [6.45, 7) is 5.66. The highest BCUT2D eigenvalue weighted by molar-refractivity contribution is 6.04. The zero-order chi connectivity index (χ0) is 14.3. The number of benzene rings is 1. The van der Waals surface area contributed by atoms with Gasteiger partial charge in [0, 0.05) is 11.5 Å². The van der Waals surface area contributed by atoms with Crippen LogP contribution in [-0.2, 0) is 4.79 Å². The van der Waals surface area contributed by atoms with Gasteiger partial charge < -0.3 is 5.32 Å². The third kappa shape index (κ3) is 4.51. The van der Waals surface area contributed by atoms with Gasteiger partial charge in [-0.3, -0.25) is 9.59 Å². The smallest absolute Gasteiger partial charge is 0.227 e. The van der Waals surface area contributed by atoms with Crippen molar-refractivity contribution in [2.45, 2.75) is 46.5 Å². The Morgan fingerprint density at radius 2 is 1.89 bits per heavy atom. The third-order valence-corrected chi connectivity index (χ3v) is 3.33. The average Bonchev–Trinajstić information content (AvgIpc) is 2.40. The average molecular weight is 261 g/mol. The number of hydrogen-bond acceptors (Lipinski definition) is 2.